The van der Waals surface area contributed by atoms with Crippen LogP contribution in [-0.2, 0) is 12.3 Å². The Balaban J connectivity index is 2.26. The predicted molar refractivity (Wildman–Crippen MR) is 82.6 cm³/mol. The number of nitro groups is 1. The van der Waals surface area contributed by atoms with Gasteiger partial charge in [-0.3, -0.25) is 10.1 Å². The first-order valence-corrected chi connectivity index (χ1v) is 7.43. The fourth-order valence-electron chi connectivity index (χ4n) is 1.60. The molecule has 0 radical (unpaired) electrons. The Morgan fingerprint density at radius 1 is 1.50 bits per heavy atom. The first-order chi connectivity index (χ1) is 9.65. The van der Waals surface area contributed by atoms with Crippen molar-refractivity contribution in [1.29, 1.82) is 0 Å². The molecule has 0 saturated carbocycles. The number of nitrogens with two attached hydrogens (primary N) is 1. The van der Waals surface area contributed by atoms with Gasteiger partial charge in [0.1, 0.15) is 0 Å². The van der Waals surface area contributed by atoms with Gasteiger partial charge in [0.25, 0.3) is 6.20 Å². The minimum atomic E-state index is -0.482. The second-order valence-electron chi connectivity index (χ2n) is 4.08. The van der Waals surface area contributed by atoms with Gasteiger partial charge >= 0.3 is 0 Å². The fourth-order valence-corrected chi connectivity index (χ4v) is 2.40. The van der Waals surface area contributed by atoms with Crippen LogP contribution in [0.15, 0.2) is 36.3 Å². The lowest BCUT2D eigenvalue weighted by Gasteiger charge is -2.08. The summed E-state index contributed by atoms with van der Waals surface area (Å²) >= 11 is 1.77. The molecule has 0 aliphatic heterocycles. The largest absolute Gasteiger partial charge is 0.370 e. The van der Waals surface area contributed by atoms with Crippen molar-refractivity contribution in [2.24, 2.45) is 5.73 Å². The van der Waals surface area contributed by atoms with Crippen molar-refractivity contribution >= 4 is 11.8 Å². The van der Waals surface area contributed by atoms with Crippen molar-refractivity contribution in [2.75, 3.05) is 19.3 Å². The molecule has 0 atom stereocenters. The number of nitrogens with one attached hydrogen (secondary N) is 2. The van der Waals surface area contributed by atoms with Gasteiger partial charge in [-0.2, -0.15) is 11.8 Å². The van der Waals surface area contributed by atoms with E-state index in [0.29, 0.717) is 18.9 Å². The number of rotatable bonds is 9. The van der Waals surface area contributed by atoms with E-state index >= 15 is 0 Å². The average molecular weight is 296 g/mol. The number of thioether (sulfide) groups is 1. The van der Waals surface area contributed by atoms with Crippen LogP contribution in [0.3, 0.4) is 0 Å². The van der Waals surface area contributed by atoms with Crippen LogP contribution in [0.4, 0.5) is 0 Å². The Hall–Kier alpha value is -1.73. The molecule has 20 heavy (non-hydrogen) atoms. The zero-order valence-electron chi connectivity index (χ0n) is 11.5. The van der Waals surface area contributed by atoms with Gasteiger partial charge in [0.2, 0.25) is 0 Å². The van der Waals surface area contributed by atoms with Crippen LogP contribution in [0.1, 0.15) is 11.1 Å². The van der Waals surface area contributed by atoms with Gasteiger partial charge < -0.3 is 16.4 Å². The quantitative estimate of drug-likeness (QED) is 0.361. The zero-order chi connectivity index (χ0) is 14.8. The van der Waals surface area contributed by atoms with Gasteiger partial charge in [-0.25, -0.2) is 0 Å². The van der Waals surface area contributed by atoms with Crippen molar-refractivity contribution in [2.45, 2.75) is 12.3 Å². The summed E-state index contributed by atoms with van der Waals surface area (Å²) in [7, 11) is 1.65. The Kier molecular flexibility index (Phi) is 7.52. The highest BCUT2D eigenvalue weighted by Crippen LogP contribution is 2.13. The summed E-state index contributed by atoms with van der Waals surface area (Å²) in [6, 6.07) is 8.20. The maximum atomic E-state index is 10.3. The molecule has 0 aliphatic carbocycles. The van der Waals surface area contributed by atoms with Crippen LogP contribution in [0, 0.1) is 10.1 Å². The lowest BCUT2D eigenvalue weighted by Crippen LogP contribution is -2.26. The molecule has 1 aromatic rings. The zero-order valence-corrected chi connectivity index (χ0v) is 12.3. The molecule has 0 amide bonds. The summed E-state index contributed by atoms with van der Waals surface area (Å²) in [6.07, 6.45) is 0.926. The van der Waals surface area contributed by atoms with Gasteiger partial charge in [-0.1, -0.05) is 24.3 Å². The fraction of sp³-hybridized carbons (Fsp3) is 0.385. The summed E-state index contributed by atoms with van der Waals surface area (Å²) in [4.78, 5) is 9.85. The van der Waals surface area contributed by atoms with Crippen LogP contribution < -0.4 is 16.4 Å². The molecule has 4 N–H and O–H groups in total. The van der Waals surface area contributed by atoms with E-state index in [1.54, 1.807) is 18.8 Å². The van der Waals surface area contributed by atoms with Gasteiger partial charge in [-0.05, 0) is 11.1 Å². The molecule has 1 aromatic carbocycles. The van der Waals surface area contributed by atoms with Crippen molar-refractivity contribution < 1.29 is 4.92 Å². The normalized spacial score (nSPS) is 11.2. The molecular formula is C13H20N4O2S. The molecular weight excluding hydrogens is 276 g/mol. The third kappa shape index (κ3) is 6.44. The van der Waals surface area contributed by atoms with Crippen LogP contribution in [0.5, 0.6) is 0 Å². The molecule has 0 fully saturated rings. The standard InChI is InChI=1S/C13H20N4O2S/c1-15-13(9-17(18)19)16-5-6-20-10-12-4-2-3-11(7-12)8-14/h2-4,7,9,15-16H,5-6,8,10,14H2,1H3/b13-9+. The minimum absolute atomic E-state index is 0.417. The van der Waals surface area contributed by atoms with Gasteiger partial charge in [0, 0.05) is 31.6 Å². The van der Waals surface area contributed by atoms with Crippen molar-refractivity contribution in [3.8, 4) is 0 Å². The van der Waals surface area contributed by atoms with Crippen molar-refractivity contribution in [3.05, 3.63) is 57.5 Å². The number of benzene rings is 1. The molecule has 0 aromatic heterocycles. The first-order valence-electron chi connectivity index (χ1n) is 6.28. The topological polar surface area (TPSA) is 93.2 Å². The third-order valence-corrected chi connectivity index (χ3v) is 3.59. The monoisotopic (exact) mass is 296 g/mol. The minimum Gasteiger partial charge on any atom is -0.370 e. The van der Waals surface area contributed by atoms with E-state index in [2.05, 4.69) is 22.8 Å². The van der Waals surface area contributed by atoms with Gasteiger partial charge in [0.05, 0.1) is 4.92 Å². The second kappa shape index (κ2) is 9.22. The highest BCUT2D eigenvalue weighted by molar-refractivity contribution is 7.98. The maximum Gasteiger partial charge on any atom is 0.274 e. The van der Waals surface area contributed by atoms with E-state index in [0.717, 1.165) is 23.3 Å². The molecule has 0 heterocycles. The van der Waals surface area contributed by atoms with E-state index in [1.165, 1.54) is 5.56 Å². The van der Waals surface area contributed by atoms with Crippen molar-refractivity contribution in [1.82, 2.24) is 10.6 Å². The Morgan fingerprint density at radius 3 is 2.90 bits per heavy atom. The highest BCUT2D eigenvalue weighted by atomic mass is 32.2. The summed E-state index contributed by atoms with van der Waals surface area (Å²) in [6.45, 7) is 1.22. The lowest BCUT2D eigenvalue weighted by molar-refractivity contribution is -0.404. The van der Waals surface area contributed by atoms with Crippen LogP contribution in [0.2, 0.25) is 0 Å². The van der Waals surface area contributed by atoms with Crippen LogP contribution in [0.25, 0.3) is 0 Å². The number of hydrogen-bond donors (Lipinski definition) is 3. The number of hydrogen-bond acceptors (Lipinski definition) is 6. The summed E-state index contributed by atoms with van der Waals surface area (Å²) < 4.78 is 0. The average Bonchev–Trinajstić information content (AvgIpc) is 2.45. The number of nitrogens with zero attached hydrogens (tertiary/aromatic N) is 1. The summed E-state index contributed by atoms with van der Waals surface area (Å²) in [5, 5.41) is 16.1. The first kappa shape index (κ1) is 16.3. The highest BCUT2D eigenvalue weighted by Gasteiger charge is 2.00. The molecule has 6 nitrogen and oxygen atoms in total. The van der Waals surface area contributed by atoms with E-state index in [-0.39, 0.29) is 0 Å². The van der Waals surface area contributed by atoms with E-state index in [9.17, 15) is 10.1 Å². The molecule has 110 valence electrons. The molecule has 0 aliphatic rings. The van der Waals surface area contributed by atoms with Crippen LogP contribution in [-0.4, -0.2) is 24.3 Å². The SMILES string of the molecule is CN/C(=C\[N+](=O)[O-])NCCSCc1cccc(CN)c1. The third-order valence-electron chi connectivity index (χ3n) is 2.56. The van der Waals surface area contributed by atoms with Gasteiger partial charge in [0.15, 0.2) is 5.82 Å². The smallest absolute Gasteiger partial charge is 0.274 e. The van der Waals surface area contributed by atoms with E-state index < -0.39 is 4.92 Å². The van der Waals surface area contributed by atoms with Crippen molar-refractivity contribution in [3.63, 3.8) is 0 Å². The molecule has 0 saturated heterocycles. The van der Waals surface area contributed by atoms with Crippen LogP contribution >= 0.6 is 11.8 Å². The summed E-state index contributed by atoms with van der Waals surface area (Å²) in [5.74, 6) is 2.19. The Morgan fingerprint density at radius 2 is 2.25 bits per heavy atom. The Labute approximate surface area is 123 Å². The molecule has 0 spiro atoms. The lowest BCUT2D eigenvalue weighted by atomic mass is 10.1. The maximum absolute atomic E-state index is 10.3. The molecule has 0 unspecified atom stereocenters. The van der Waals surface area contributed by atoms with E-state index in [1.807, 2.05) is 12.1 Å². The van der Waals surface area contributed by atoms with Gasteiger partial charge in [-0.15, -0.1) is 0 Å². The molecule has 0 bridgehead atoms. The Bertz CT molecular complexity index is 465. The predicted octanol–water partition coefficient (Wildman–Crippen LogP) is 1.26. The van der Waals surface area contributed by atoms with E-state index in [4.69, 9.17) is 5.73 Å². The molecule has 7 heteroatoms. The molecule has 1 rings (SSSR count). The summed E-state index contributed by atoms with van der Waals surface area (Å²) in [5.41, 5.74) is 7.97. The second-order valence-corrected chi connectivity index (χ2v) is 5.19.